The molecule has 2 aliphatic rings. The van der Waals surface area contributed by atoms with E-state index in [1.165, 1.54) is 0 Å². The number of hydrogen-bond donors (Lipinski definition) is 1. The Balaban J connectivity index is 1.57. The molecule has 25 heavy (non-hydrogen) atoms. The van der Waals surface area contributed by atoms with Crippen molar-refractivity contribution in [2.75, 3.05) is 13.1 Å². The Labute approximate surface area is 143 Å². The van der Waals surface area contributed by atoms with E-state index in [1.807, 2.05) is 18.2 Å². The zero-order valence-corrected chi connectivity index (χ0v) is 13.9. The number of alkyl halides is 2. The summed E-state index contributed by atoms with van der Waals surface area (Å²) >= 11 is 0. The van der Waals surface area contributed by atoms with Crippen molar-refractivity contribution in [3.05, 3.63) is 36.2 Å². The summed E-state index contributed by atoms with van der Waals surface area (Å²) in [6, 6.07) is 9.09. The predicted molar refractivity (Wildman–Crippen MR) is 83.8 cm³/mol. The fraction of sp³-hybridized carbons (Fsp3) is 0.467. The predicted octanol–water partition coefficient (Wildman–Crippen LogP) is 1.75. The van der Waals surface area contributed by atoms with Gasteiger partial charge in [0.2, 0.25) is 11.7 Å². The summed E-state index contributed by atoms with van der Waals surface area (Å²) in [4.78, 5) is 4.26. The molecule has 1 saturated heterocycles. The second-order valence-electron chi connectivity index (χ2n) is 6.57. The molecule has 4 rings (SSSR count). The van der Waals surface area contributed by atoms with Crippen molar-refractivity contribution in [1.82, 2.24) is 14.4 Å². The SMILES string of the molecule is NS(=O)(=O)N1CCC2(CC2c2nc(-c3ccccc3)no2)C(F)(F)C1. The molecule has 1 spiro atoms. The molecule has 1 aliphatic heterocycles. The lowest BCUT2D eigenvalue weighted by Gasteiger charge is -2.37. The summed E-state index contributed by atoms with van der Waals surface area (Å²) in [5, 5.41) is 8.85. The fourth-order valence-electron chi connectivity index (χ4n) is 3.57. The maximum atomic E-state index is 14.6. The third-order valence-electron chi connectivity index (χ3n) is 5.12. The molecular formula is C15H16F2N4O3S. The van der Waals surface area contributed by atoms with Gasteiger partial charge in [0.1, 0.15) is 0 Å². The minimum Gasteiger partial charge on any atom is -0.339 e. The molecule has 2 atom stereocenters. The van der Waals surface area contributed by atoms with Crippen molar-refractivity contribution in [2.45, 2.75) is 24.7 Å². The Kier molecular flexibility index (Phi) is 3.50. The molecule has 1 aromatic heterocycles. The normalized spacial score (nSPS) is 29.0. The van der Waals surface area contributed by atoms with E-state index in [-0.39, 0.29) is 25.3 Å². The third-order valence-corrected chi connectivity index (χ3v) is 6.15. The molecule has 2 fully saturated rings. The van der Waals surface area contributed by atoms with E-state index in [0.717, 1.165) is 5.56 Å². The molecule has 0 radical (unpaired) electrons. The first-order chi connectivity index (χ1) is 11.7. The van der Waals surface area contributed by atoms with Crippen molar-refractivity contribution in [3.63, 3.8) is 0 Å². The molecule has 10 heteroatoms. The van der Waals surface area contributed by atoms with Crippen LogP contribution in [0, 0.1) is 5.41 Å². The minimum atomic E-state index is -4.13. The lowest BCUT2D eigenvalue weighted by Crippen LogP contribution is -2.54. The number of hydrogen-bond acceptors (Lipinski definition) is 5. The quantitative estimate of drug-likeness (QED) is 0.887. The van der Waals surface area contributed by atoms with Crippen LogP contribution in [-0.4, -0.2) is 41.9 Å². The summed E-state index contributed by atoms with van der Waals surface area (Å²) in [6.45, 7) is -0.952. The number of benzene rings is 1. The number of aromatic nitrogens is 2. The molecule has 2 unspecified atom stereocenters. The van der Waals surface area contributed by atoms with Crippen molar-refractivity contribution in [1.29, 1.82) is 0 Å². The Morgan fingerprint density at radius 1 is 1.28 bits per heavy atom. The molecule has 1 aromatic carbocycles. The summed E-state index contributed by atoms with van der Waals surface area (Å²) < 4.78 is 57.8. The third kappa shape index (κ3) is 2.64. The Bertz CT molecular complexity index is 903. The number of nitrogens with zero attached hydrogens (tertiary/aromatic N) is 3. The number of rotatable bonds is 3. The van der Waals surface area contributed by atoms with Crippen LogP contribution in [-0.2, 0) is 10.2 Å². The van der Waals surface area contributed by atoms with Crippen molar-refractivity contribution >= 4 is 10.2 Å². The van der Waals surface area contributed by atoms with Gasteiger partial charge in [0.25, 0.3) is 16.1 Å². The molecule has 1 saturated carbocycles. The van der Waals surface area contributed by atoms with Crippen LogP contribution >= 0.6 is 0 Å². The standard InChI is InChI=1S/C15H16F2N4O3S/c16-15(17)9-21(25(18,22)23)7-6-14(15)8-11(14)13-19-12(20-24-13)10-4-2-1-3-5-10/h1-5,11H,6-9H2,(H2,18,22,23). The van der Waals surface area contributed by atoms with E-state index in [0.29, 0.717) is 10.1 Å². The first-order valence-corrected chi connectivity index (χ1v) is 9.28. The highest BCUT2D eigenvalue weighted by Gasteiger charge is 2.73. The van der Waals surface area contributed by atoms with Crippen LogP contribution in [0.25, 0.3) is 11.4 Å². The molecule has 2 heterocycles. The topological polar surface area (TPSA) is 102 Å². The van der Waals surface area contributed by atoms with Crippen LogP contribution in [0.2, 0.25) is 0 Å². The zero-order chi connectivity index (χ0) is 17.9. The van der Waals surface area contributed by atoms with Gasteiger partial charge in [-0.1, -0.05) is 35.5 Å². The first-order valence-electron chi connectivity index (χ1n) is 7.78. The first kappa shape index (κ1) is 16.6. The smallest absolute Gasteiger partial charge is 0.277 e. The Morgan fingerprint density at radius 3 is 2.64 bits per heavy atom. The lowest BCUT2D eigenvalue weighted by molar-refractivity contribution is -0.111. The summed E-state index contributed by atoms with van der Waals surface area (Å²) in [5.41, 5.74) is -0.600. The molecule has 0 amide bonds. The van der Waals surface area contributed by atoms with Crippen LogP contribution in [0.1, 0.15) is 24.7 Å². The van der Waals surface area contributed by atoms with Gasteiger partial charge in [-0.25, -0.2) is 13.9 Å². The van der Waals surface area contributed by atoms with Gasteiger partial charge in [0, 0.05) is 17.5 Å². The summed E-state index contributed by atoms with van der Waals surface area (Å²) in [6.07, 6.45) is 0.193. The number of halogens is 2. The Morgan fingerprint density at radius 2 is 2.00 bits per heavy atom. The van der Waals surface area contributed by atoms with E-state index in [1.54, 1.807) is 12.1 Å². The van der Waals surface area contributed by atoms with Crippen LogP contribution in [0.15, 0.2) is 34.9 Å². The molecule has 7 nitrogen and oxygen atoms in total. The van der Waals surface area contributed by atoms with Crippen molar-refractivity contribution in [3.8, 4) is 11.4 Å². The lowest BCUT2D eigenvalue weighted by atomic mass is 9.88. The Hall–Kier alpha value is -1.91. The van der Waals surface area contributed by atoms with Crippen LogP contribution in [0.5, 0.6) is 0 Å². The van der Waals surface area contributed by atoms with E-state index in [4.69, 9.17) is 9.66 Å². The highest BCUT2D eigenvalue weighted by molar-refractivity contribution is 7.86. The monoisotopic (exact) mass is 370 g/mol. The molecule has 1 aliphatic carbocycles. The minimum absolute atomic E-state index is 0.00411. The van der Waals surface area contributed by atoms with Crippen LogP contribution < -0.4 is 5.14 Å². The van der Waals surface area contributed by atoms with Gasteiger partial charge < -0.3 is 4.52 Å². The molecule has 2 aromatic rings. The van der Waals surface area contributed by atoms with Crippen molar-refractivity contribution in [2.24, 2.45) is 10.6 Å². The van der Waals surface area contributed by atoms with Crippen LogP contribution in [0.3, 0.4) is 0 Å². The molecule has 0 bridgehead atoms. The van der Waals surface area contributed by atoms with Gasteiger partial charge in [-0.3, -0.25) is 0 Å². The molecule has 2 N–H and O–H groups in total. The van der Waals surface area contributed by atoms with E-state index >= 15 is 0 Å². The average molecular weight is 370 g/mol. The maximum absolute atomic E-state index is 14.6. The van der Waals surface area contributed by atoms with Gasteiger partial charge in [-0.2, -0.15) is 17.7 Å². The van der Waals surface area contributed by atoms with Gasteiger partial charge in [-0.05, 0) is 12.8 Å². The molecular weight excluding hydrogens is 354 g/mol. The highest BCUT2D eigenvalue weighted by atomic mass is 32.2. The zero-order valence-electron chi connectivity index (χ0n) is 13.1. The second kappa shape index (κ2) is 5.29. The molecule has 134 valence electrons. The number of piperidine rings is 1. The average Bonchev–Trinajstić information content (AvgIpc) is 3.08. The van der Waals surface area contributed by atoms with E-state index < -0.39 is 34.0 Å². The van der Waals surface area contributed by atoms with Crippen molar-refractivity contribution < 1.29 is 21.7 Å². The van der Waals surface area contributed by atoms with Gasteiger partial charge in [0.05, 0.1) is 12.5 Å². The van der Waals surface area contributed by atoms with E-state index in [2.05, 4.69) is 10.1 Å². The van der Waals surface area contributed by atoms with Gasteiger partial charge in [-0.15, -0.1) is 0 Å². The maximum Gasteiger partial charge on any atom is 0.277 e. The largest absolute Gasteiger partial charge is 0.339 e. The van der Waals surface area contributed by atoms with Gasteiger partial charge in [0.15, 0.2) is 0 Å². The summed E-state index contributed by atoms with van der Waals surface area (Å²) in [7, 11) is -4.13. The second-order valence-corrected chi connectivity index (χ2v) is 8.11. The fourth-order valence-corrected chi connectivity index (χ4v) is 4.26. The van der Waals surface area contributed by atoms with E-state index in [9.17, 15) is 17.2 Å². The van der Waals surface area contributed by atoms with Crippen LogP contribution in [0.4, 0.5) is 8.78 Å². The van der Waals surface area contributed by atoms with Gasteiger partial charge >= 0.3 is 0 Å². The highest BCUT2D eigenvalue weighted by Crippen LogP contribution is 2.70. The number of nitrogens with two attached hydrogens (primary N) is 1. The summed E-state index contributed by atoms with van der Waals surface area (Å²) in [5.74, 6) is -3.26.